The molecule has 0 aliphatic heterocycles. The lowest BCUT2D eigenvalue weighted by Gasteiger charge is -1.93. The summed E-state index contributed by atoms with van der Waals surface area (Å²) in [7, 11) is 0. The van der Waals surface area contributed by atoms with E-state index in [0.717, 1.165) is 12.8 Å². The second-order valence-corrected chi connectivity index (χ2v) is 2.42. The highest BCUT2D eigenvalue weighted by Crippen LogP contribution is 1.92. The monoisotopic (exact) mass is 168 g/mol. The number of hydrogen-bond acceptors (Lipinski definition) is 2. The average molecular weight is 168 g/mol. The van der Waals surface area contributed by atoms with Gasteiger partial charge in [-0.15, -0.1) is 0 Å². The van der Waals surface area contributed by atoms with Crippen LogP contribution in [0.2, 0.25) is 0 Å². The normalized spacial score (nSPS) is 11.2. The zero-order chi connectivity index (χ0) is 9.23. The van der Waals surface area contributed by atoms with E-state index in [9.17, 15) is 4.79 Å². The average Bonchev–Trinajstić information content (AvgIpc) is 2.02. The fraction of sp³-hybridized carbons (Fsp3) is 0.500. The molecule has 0 saturated heterocycles. The van der Waals surface area contributed by atoms with E-state index in [2.05, 4.69) is 6.08 Å². The second kappa shape index (κ2) is 8.05. The molecule has 0 amide bonds. The van der Waals surface area contributed by atoms with Gasteiger partial charge in [0.25, 0.3) is 0 Å². The van der Waals surface area contributed by atoms with Gasteiger partial charge in [-0.3, -0.25) is 4.79 Å². The van der Waals surface area contributed by atoms with Crippen LogP contribution in [0.25, 0.3) is 0 Å². The van der Waals surface area contributed by atoms with Gasteiger partial charge in [0.05, 0.1) is 0 Å². The lowest BCUT2D eigenvalue weighted by atomic mass is 10.3. The van der Waals surface area contributed by atoms with Crippen LogP contribution in [0.4, 0.5) is 0 Å². The first-order valence-electron chi connectivity index (χ1n) is 4.17. The number of esters is 1. The Hall–Kier alpha value is -1.05. The van der Waals surface area contributed by atoms with Gasteiger partial charge >= 0.3 is 5.97 Å². The maximum atomic E-state index is 10.3. The standard InChI is InChI=1S/C10H16O2/c1-3-4-5-6-7-8-9-12-10(2)11/h3-4,7-8H,5-6,9H2,1-2H3. The number of carbonyl (C=O) groups is 1. The number of hydrogen-bond donors (Lipinski definition) is 0. The van der Waals surface area contributed by atoms with E-state index in [1.54, 1.807) is 0 Å². The molecule has 2 nitrogen and oxygen atoms in total. The number of ether oxygens (including phenoxy) is 1. The minimum Gasteiger partial charge on any atom is -0.462 e. The van der Waals surface area contributed by atoms with Crippen molar-refractivity contribution in [3.05, 3.63) is 24.3 Å². The van der Waals surface area contributed by atoms with Crippen LogP contribution < -0.4 is 0 Å². The Morgan fingerprint density at radius 3 is 2.50 bits per heavy atom. The van der Waals surface area contributed by atoms with Gasteiger partial charge in [-0.1, -0.05) is 24.3 Å². The Bertz CT molecular complexity index is 169. The molecule has 0 aromatic heterocycles. The predicted octanol–water partition coefficient (Wildman–Crippen LogP) is 2.46. The van der Waals surface area contributed by atoms with Gasteiger partial charge in [0.15, 0.2) is 0 Å². The molecule has 2 heteroatoms. The Morgan fingerprint density at radius 1 is 1.25 bits per heavy atom. The van der Waals surface area contributed by atoms with Gasteiger partial charge in [0, 0.05) is 6.92 Å². The molecule has 0 heterocycles. The maximum Gasteiger partial charge on any atom is 0.302 e. The smallest absolute Gasteiger partial charge is 0.302 e. The molecular weight excluding hydrogens is 152 g/mol. The molecule has 0 fully saturated rings. The minimum absolute atomic E-state index is 0.229. The summed E-state index contributed by atoms with van der Waals surface area (Å²) in [6.45, 7) is 3.81. The summed E-state index contributed by atoms with van der Waals surface area (Å²) >= 11 is 0. The third kappa shape index (κ3) is 8.95. The van der Waals surface area contributed by atoms with E-state index in [1.165, 1.54) is 6.92 Å². The molecule has 0 aromatic rings. The first kappa shape index (κ1) is 11.0. The summed E-state index contributed by atoms with van der Waals surface area (Å²) < 4.78 is 4.70. The first-order chi connectivity index (χ1) is 5.77. The molecule has 0 aliphatic rings. The Kier molecular flexibility index (Phi) is 7.35. The fourth-order valence-electron chi connectivity index (χ4n) is 0.710. The number of rotatable bonds is 5. The zero-order valence-corrected chi connectivity index (χ0v) is 7.75. The zero-order valence-electron chi connectivity index (χ0n) is 7.75. The summed E-state index contributed by atoms with van der Waals surface area (Å²) in [4.78, 5) is 10.3. The lowest BCUT2D eigenvalue weighted by molar-refractivity contribution is -0.139. The molecule has 0 spiro atoms. The van der Waals surface area contributed by atoms with Crippen molar-refractivity contribution in [2.75, 3.05) is 6.61 Å². The molecule has 0 saturated carbocycles. The summed E-state index contributed by atoms with van der Waals surface area (Å²) in [5, 5.41) is 0. The molecular formula is C10H16O2. The topological polar surface area (TPSA) is 26.3 Å². The van der Waals surface area contributed by atoms with Crippen LogP contribution >= 0.6 is 0 Å². The van der Waals surface area contributed by atoms with Crippen molar-refractivity contribution < 1.29 is 9.53 Å². The molecule has 0 unspecified atom stereocenters. The second-order valence-electron chi connectivity index (χ2n) is 2.42. The molecule has 0 aromatic carbocycles. The minimum atomic E-state index is -0.229. The van der Waals surface area contributed by atoms with Crippen LogP contribution in [0, 0.1) is 0 Å². The van der Waals surface area contributed by atoms with Gasteiger partial charge in [-0.2, -0.15) is 0 Å². The van der Waals surface area contributed by atoms with Crippen molar-refractivity contribution in [2.24, 2.45) is 0 Å². The first-order valence-corrected chi connectivity index (χ1v) is 4.17. The number of unbranched alkanes of at least 4 members (excludes halogenated alkanes) is 1. The van der Waals surface area contributed by atoms with Crippen molar-refractivity contribution in [2.45, 2.75) is 26.7 Å². The highest BCUT2D eigenvalue weighted by molar-refractivity contribution is 5.65. The Morgan fingerprint density at radius 2 is 1.92 bits per heavy atom. The van der Waals surface area contributed by atoms with Crippen LogP contribution in [-0.2, 0) is 9.53 Å². The van der Waals surface area contributed by atoms with E-state index in [1.807, 2.05) is 25.2 Å². The van der Waals surface area contributed by atoms with Crippen molar-refractivity contribution in [1.29, 1.82) is 0 Å². The lowest BCUT2D eigenvalue weighted by Crippen LogP contribution is -1.97. The van der Waals surface area contributed by atoms with Gasteiger partial charge in [0.2, 0.25) is 0 Å². The van der Waals surface area contributed by atoms with Crippen LogP contribution in [0.5, 0.6) is 0 Å². The van der Waals surface area contributed by atoms with E-state index < -0.39 is 0 Å². The molecule has 68 valence electrons. The van der Waals surface area contributed by atoms with E-state index in [-0.39, 0.29) is 5.97 Å². The molecule has 12 heavy (non-hydrogen) atoms. The third-order valence-corrected chi connectivity index (χ3v) is 1.29. The van der Waals surface area contributed by atoms with Crippen LogP contribution in [-0.4, -0.2) is 12.6 Å². The van der Waals surface area contributed by atoms with Crippen molar-refractivity contribution in [3.8, 4) is 0 Å². The summed E-state index contributed by atoms with van der Waals surface area (Å²) in [5.41, 5.74) is 0. The summed E-state index contributed by atoms with van der Waals surface area (Å²) in [5.74, 6) is -0.229. The van der Waals surface area contributed by atoms with Crippen molar-refractivity contribution in [3.63, 3.8) is 0 Å². The quantitative estimate of drug-likeness (QED) is 0.358. The SMILES string of the molecule is CC=CCCC=CCOC(C)=O. The van der Waals surface area contributed by atoms with Gasteiger partial charge < -0.3 is 4.74 Å². The summed E-state index contributed by atoms with van der Waals surface area (Å²) in [6.07, 6.45) is 10.1. The number of carbonyl (C=O) groups excluding carboxylic acids is 1. The van der Waals surface area contributed by atoms with Crippen LogP contribution in [0.15, 0.2) is 24.3 Å². The van der Waals surface area contributed by atoms with Crippen LogP contribution in [0.3, 0.4) is 0 Å². The predicted molar refractivity (Wildman–Crippen MR) is 49.8 cm³/mol. The van der Waals surface area contributed by atoms with Crippen LogP contribution in [0.1, 0.15) is 26.7 Å². The van der Waals surface area contributed by atoms with Gasteiger partial charge in [-0.05, 0) is 19.8 Å². The summed E-state index contributed by atoms with van der Waals surface area (Å²) in [6, 6.07) is 0. The molecule has 0 radical (unpaired) electrons. The molecule has 0 bridgehead atoms. The highest BCUT2D eigenvalue weighted by atomic mass is 16.5. The number of allylic oxidation sites excluding steroid dienone is 3. The Labute approximate surface area is 73.9 Å². The van der Waals surface area contributed by atoms with E-state index in [0.29, 0.717) is 6.61 Å². The van der Waals surface area contributed by atoms with E-state index >= 15 is 0 Å². The molecule has 0 aliphatic carbocycles. The van der Waals surface area contributed by atoms with E-state index in [4.69, 9.17) is 4.74 Å². The maximum absolute atomic E-state index is 10.3. The van der Waals surface area contributed by atoms with Gasteiger partial charge in [0.1, 0.15) is 6.61 Å². The molecule has 0 atom stereocenters. The largest absolute Gasteiger partial charge is 0.462 e. The fourth-order valence-corrected chi connectivity index (χ4v) is 0.710. The molecule has 0 rings (SSSR count). The Balaban J connectivity index is 3.20. The van der Waals surface area contributed by atoms with Crippen molar-refractivity contribution >= 4 is 5.97 Å². The van der Waals surface area contributed by atoms with Crippen molar-refractivity contribution in [1.82, 2.24) is 0 Å². The highest BCUT2D eigenvalue weighted by Gasteiger charge is 1.85. The third-order valence-electron chi connectivity index (χ3n) is 1.29. The van der Waals surface area contributed by atoms with Gasteiger partial charge in [-0.25, -0.2) is 0 Å². The molecule has 0 N–H and O–H groups in total.